The number of alkyl halides is 3. The third-order valence-corrected chi connectivity index (χ3v) is 5.44. The van der Waals surface area contributed by atoms with E-state index in [0.717, 1.165) is 71.3 Å². The van der Waals surface area contributed by atoms with Gasteiger partial charge in [-0.15, -0.1) is 0 Å². The van der Waals surface area contributed by atoms with E-state index < -0.39 is 11.7 Å². The Hall–Kier alpha value is -3.15. The molecule has 30 heavy (non-hydrogen) atoms. The van der Waals surface area contributed by atoms with Gasteiger partial charge in [-0.1, -0.05) is 25.5 Å². The molecular formula is C24H21F3N2O. The Balaban J connectivity index is 1.72. The fraction of sp³-hybridized carbons (Fsp3) is 0.250. The van der Waals surface area contributed by atoms with Gasteiger partial charge in [-0.05, 0) is 65.4 Å². The summed E-state index contributed by atoms with van der Waals surface area (Å²) < 4.78 is 38.5. The van der Waals surface area contributed by atoms with Crippen LogP contribution in [0.1, 0.15) is 30.0 Å². The number of carbonyl (C=O) groups is 1. The van der Waals surface area contributed by atoms with Crippen molar-refractivity contribution in [2.24, 2.45) is 0 Å². The van der Waals surface area contributed by atoms with E-state index in [4.69, 9.17) is 0 Å². The molecule has 0 radical (unpaired) electrons. The minimum absolute atomic E-state index is 0.669. The third kappa shape index (κ3) is 3.82. The molecule has 4 rings (SSSR count). The predicted octanol–water partition coefficient (Wildman–Crippen LogP) is 5.91. The molecule has 6 heteroatoms. The standard InChI is InChI=1S/C24H21F3N2O/c1-2-3-17-10-19(11-18-8-9-29(15-30)23(17)18)21-12-20(13-28-14-21)16-4-6-22(7-5-16)24(25,26)27/h4-7,10-15H,2-3,8-9H2,1H3. The zero-order valence-electron chi connectivity index (χ0n) is 16.5. The summed E-state index contributed by atoms with van der Waals surface area (Å²) in [4.78, 5) is 17.5. The highest BCUT2D eigenvalue weighted by Crippen LogP contribution is 2.37. The second-order valence-electron chi connectivity index (χ2n) is 7.48. The van der Waals surface area contributed by atoms with E-state index in [0.29, 0.717) is 12.1 Å². The molecule has 0 bridgehead atoms. The van der Waals surface area contributed by atoms with Crippen LogP contribution in [0.25, 0.3) is 22.3 Å². The Morgan fingerprint density at radius 3 is 2.33 bits per heavy atom. The van der Waals surface area contributed by atoms with Crippen LogP contribution in [0.15, 0.2) is 54.9 Å². The first-order chi connectivity index (χ1) is 14.4. The number of fused-ring (bicyclic) bond motifs is 1. The highest BCUT2D eigenvalue weighted by molar-refractivity contribution is 5.84. The van der Waals surface area contributed by atoms with Crippen LogP contribution < -0.4 is 4.90 Å². The molecule has 1 amide bonds. The van der Waals surface area contributed by atoms with Crippen molar-refractivity contribution in [3.63, 3.8) is 0 Å². The molecule has 154 valence electrons. The summed E-state index contributed by atoms with van der Waals surface area (Å²) >= 11 is 0. The number of rotatable bonds is 5. The summed E-state index contributed by atoms with van der Waals surface area (Å²) in [6.45, 7) is 2.79. The quantitative estimate of drug-likeness (QED) is 0.490. The highest BCUT2D eigenvalue weighted by Gasteiger charge is 2.30. The average Bonchev–Trinajstić information content (AvgIpc) is 3.17. The molecule has 0 unspecified atom stereocenters. The van der Waals surface area contributed by atoms with Gasteiger partial charge in [0.1, 0.15) is 0 Å². The number of pyridine rings is 1. The predicted molar refractivity (Wildman–Crippen MR) is 111 cm³/mol. The lowest BCUT2D eigenvalue weighted by Gasteiger charge is -2.17. The van der Waals surface area contributed by atoms with Gasteiger partial charge in [-0.2, -0.15) is 13.2 Å². The van der Waals surface area contributed by atoms with Gasteiger partial charge in [0.25, 0.3) is 0 Å². The Morgan fingerprint density at radius 1 is 1.00 bits per heavy atom. The van der Waals surface area contributed by atoms with E-state index in [1.807, 2.05) is 6.07 Å². The zero-order valence-corrected chi connectivity index (χ0v) is 16.5. The molecule has 0 atom stereocenters. The van der Waals surface area contributed by atoms with Crippen LogP contribution >= 0.6 is 0 Å². The first kappa shape index (κ1) is 20.1. The van der Waals surface area contributed by atoms with Gasteiger partial charge in [0.05, 0.1) is 5.56 Å². The molecule has 0 spiro atoms. The van der Waals surface area contributed by atoms with Crippen LogP contribution in [0.4, 0.5) is 18.9 Å². The molecule has 3 aromatic rings. The number of anilines is 1. The Labute approximate surface area is 173 Å². The number of benzene rings is 2. The van der Waals surface area contributed by atoms with Gasteiger partial charge >= 0.3 is 6.18 Å². The lowest BCUT2D eigenvalue weighted by molar-refractivity contribution is -0.137. The summed E-state index contributed by atoms with van der Waals surface area (Å²) in [6.07, 6.45) is 2.59. The summed E-state index contributed by atoms with van der Waals surface area (Å²) in [5.74, 6) is 0. The average molecular weight is 410 g/mol. The molecular weight excluding hydrogens is 389 g/mol. The van der Waals surface area contributed by atoms with Crippen molar-refractivity contribution in [3.05, 3.63) is 71.5 Å². The van der Waals surface area contributed by atoms with Crippen molar-refractivity contribution in [2.45, 2.75) is 32.4 Å². The second-order valence-corrected chi connectivity index (χ2v) is 7.48. The largest absolute Gasteiger partial charge is 0.416 e. The molecule has 2 aromatic carbocycles. The zero-order chi connectivity index (χ0) is 21.3. The molecule has 0 aliphatic carbocycles. The fourth-order valence-corrected chi connectivity index (χ4v) is 4.01. The van der Waals surface area contributed by atoms with E-state index in [1.165, 1.54) is 12.1 Å². The summed E-state index contributed by atoms with van der Waals surface area (Å²) in [5, 5.41) is 0. The van der Waals surface area contributed by atoms with Crippen LogP contribution in [0.5, 0.6) is 0 Å². The number of nitrogens with zero attached hydrogens (tertiary/aromatic N) is 2. The third-order valence-electron chi connectivity index (χ3n) is 5.44. The molecule has 0 saturated carbocycles. The highest BCUT2D eigenvalue weighted by atomic mass is 19.4. The molecule has 0 fully saturated rings. The van der Waals surface area contributed by atoms with Gasteiger partial charge in [0.2, 0.25) is 6.41 Å². The van der Waals surface area contributed by atoms with Crippen molar-refractivity contribution in [1.82, 2.24) is 4.98 Å². The maximum Gasteiger partial charge on any atom is 0.416 e. The SMILES string of the molecule is CCCc1cc(-c2cncc(-c3ccc(C(F)(F)F)cc3)c2)cc2c1N(C=O)CC2. The Kier molecular flexibility index (Phi) is 5.33. The van der Waals surface area contributed by atoms with Gasteiger partial charge in [0, 0.05) is 35.8 Å². The van der Waals surface area contributed by atoms with Crippen molar-refractivity contribution >= 4 is 12.1 Å². The number of amides is 1. The number of aryl methyl sites for hydroxylation is 1. The van der Waals surface area contributed by atoms with Crippen LogP contribution in [-0.2, 0) is 23.8 Å². The van der Waals surface area contributed by atoms with Crippen molar-refractivity contribution < 1.29 is 18.0 Å². The normalized spacial score (nSPS) is 13.4. The fourth-order valence-electron chi connectivity index (χ4n) is 4.01. The molecule has 1 aliphatic rings. The number of carbonyl (C=O) groups excluding carboxylic acids is 1. The van der Waals surface area contributed by atoms with Crippen LogP contribution in [0, 0.1) is 0 Å². The van der Waals surface area contributed by atoms with E-state index in [1.54, 1.807) is 17.3 Å². The molecule has 2 heterocycles. The Morgan fingerprint density at radius 2 is 1.70 bits per heavy atom. The maximum absolute atomic E-state index is 12.8. The van der Waals surface area contributed by atoms with Crippen LogP contribution in [0.3, 0.4) is 0 Å². The first-order valence-corrected chi connectivity index (χ1v) is 9.91. The van der Waals surface area contributed by atoms with Crippen LogP contribution in [0.2, 0.25) is 0 Å². The smallest absolute Gasteiger partial charge is 0.314 e. The van der Waals surface area contributed by atoms with E-state index in [2.05, 4.69) is 24.0 Å². The van der Waals surface area contributed by atoms with E-state index >= 15 is 0 Å². The van der Waals surface area contributed by atoms with E-state index in [9.17, 15) is 18.0 Å². The van der Waals surface area contributed by atoms with Gasteiger partial charge in [-0.25, -0.2) is 0 Å². The van der Waals surface area contributed by atoms with E-state index in [-0.39, 0.29) is 0 Å². The molecule has 1 aliphatic heterocycles. The topological polar surface area (TPSA) is 33.2 Å². The minimum atomic E-state index is -4.35. The summed E-state index contributed by atoms with van der Waals surface area (Å²) in [5.41, 5.74) is 5.97. The van der Waals surface area contributed by atoms with Gasteiger partial charge < -0.3 is 4.90 Å². The first-order valence-electron chi connectivity index (χ1n) is 9.91. The summed E-state index contributed by atoms with van der Waals surface area (Å²) in [6, 6.07) is 11.2. The van der Waals surface area contributed by atoms with Crippen LogP contribution in [-0.4, -0.2) is 17.9 Å². The minimum Gasteiger partial charge on any atom is -0.314 e. The lowest BCUT2D eigenvalue weighted by atomic mass is 9.95. The molecule has 3 nitrogen and oxygen atoms in total. The van der Waals surface area contributed by atoms with Gasteiger partial charge in [0.15, 0.2) is 0 Å². The molecule has 0 saturated heterocycles. The monoisotopic (exact) mass is 410 g/mol. The van der Waals surface area contributed by atoms with Crippen molar-refractivity contribution in [3.8, 4) is 22.3 Å². The lowest BCUT2D eigenvalue weighted by Crippen LogP contribution is -2.18. The van der Waals surface area contributed by atoms with Crippen molar-refractivity contribution in [1.29, 1.82) is 0 Å². The number of halogens is 3. The molecule has 1 aromatic heterocycles. The second kappa shape index (κ2) is 7.94. The number of hydrogen-bond acceptors (Lipinski definition) is 2. The summed E-state index contributed by atoms with van der Waals surface area (Å²) in [7, 11) is 0. The van der Waals surface area contributed by atoms with Gasteiger partial charge in [-0.3, -0.25) is 9.78 Å². The Bertz CT molecular complexity index is 1070. The number of hydrogen-bond donors (Lipinski definition) is 0. The molecule has 0 N–H and O–H groups in total. The maximum atomic E-state index is 12.8. The number of aromatic nitrogens is 1. The van der Waals surface area contributed by atoms with Crippen molar-refractivity contribution in [2.75, 3.05) is 11.4 Å².